The Bertz CT molecular complexity index is 281. The van der Waals surface area contributed by atoms with Crippen molar-refractivity contribution in [1.82, 2.24) is 0 Å². The number of ether oxygens (including phenoxy) is 3. The Morgan fingerprint density at radius 3 is 1.37 bits per heavy atom. The summed E-state index contributed by atoms with van der Waals surface area (Å²) in [5.41, 5.74) is 0. The summed E-state index contributed by atoms with van der Waals surface area (Å²) in [6, 6.07) is 0.911. The molecule has 0 aliphatic rings. The highest BCUT2D eigenvalue weighted by Crippen LogP contribution is 2.18. The Morgan fingerprint density at radius 1 is 0.481 bits per heavy atom. The molecular weight excluding hydrogens is 364 g/mol. The molecule has 0 saturated carbocycles. The number of rotatable bonds is 22. The lowest BCUT2D eigenvalue weighted by atomic mass is 10.1. The predicted molar refractivity (Wildman–Crippen MR) is 111 cm³/mol. The Balaban J connectivity index is 3.19. The molecule has 0 atom stereocenters. The van der Waals surface area contributed by atoms with Crippen molar-refractivity contribution in [2.24, 2.45) is 0 Å². The average Bonchev–Trinajstić information content (AvgIpc) is 2.70. The lowest BCUT2D eigenvalue weighted by Gasteiger charge is -2.24. The van der Waals surface area contributed by atoms with E-state index in [1.807, 2.05) is 6.92 Å². The fourth-order valence-corrected chi connectivity index (χ4v) is 4.72. The Labute approximate surface area is 168 Å². The van der Waals surface area contributed by atoms with Crippen molar-refractivity contribution in [3.8, 4) is 0 Å². The molecule has 164 valence electrons. The van der Waals surface area contributed by atoms with Crippen LogP contribution in [0.1, 0.15) is 64.7 Å². The highest BCUT2D eigenvalue weighted by Gasteiger charge is 2.36. The molecule has 0 rings (SSSR count). The van der Waals surface area contributed by atoms with Crippen LogP contribution < -0.4 is 0 Å². The van der Waals surface area contributed by atoms with Gasteiger partial charge in [0.05, 0.1) is 26.4 Å². The Hall–Kier alpha value is -0.0231. The zero-order valence-electron chi connectivity index (χ0n) is 18.3. The van der Waals surface area contributed by atoms with Crippen LogP contribution in [0.25, 0.3) is 0 Å². The smallest absolute Gasteiger partial charge is 0.379 e. The summed E-state index contributed by atoms with van der Waals surface area (Å²) < 4.78 is 32.5. The molecule has 0 saturated heterocycles. The molecule has 0 fully saturated rings. The van der Waals surface area contributed by atoms with Crippen LogP contribution in [-0.2, 0) is 27.5 Å². The molecule has 0 bridgehead atoms. The lowest BCUT2D eigenvalue weighted by Crippen LogP contribution is -2.42. The van der Waals surface area contributed by atoms with Crippen LogP contribution >= 0.6 is 0 Å². The van der Waals surface area contributed by atoms with Crippen LogP contribution in [0, 0.1) is 0 Å². The van der Waals surface area contributed by atoms with Gasteiger partial charge in [-0.25, -0.2) is 0 Å². The van der Waals surface area contributed by atoms with Gasteiger partial charge in [-0.1, -0.05) is 44.9 Å². The third kappa shape index (κ3) is 16.6. The molecule has 0 aromatic carbocycles. The van der Waals surface area contributed by atoms with Crippen LogP contribution in [0.15, 0.2) is 0 Å². The van der Waals surface area contributed by atoms with E-state index < -0.39 is 8.80 Å². The quantitative estimate of drug-likeness (QED) is 0.195. The van der Waals surface area contributed by atoms with Crippen molar-refractivity contribution < 1.29 is 27.5 Å². The number of hydrogen-bond donors (Lipinski definition) is 0. The zero-order chi connectivity index (χ0) is 20.1. The molecule has 0 unspecified atom stereocenters. The van der Waals surface area contributed by atoms with E-state index in [9.17, 15) is 0 Å². The van der Waals surface area contributed by atoms with Gasteiger partial charge in [0.2, 0.25) is 0 Å². The van der Waals surface area contributed by atoms with Gasteiger partial charge >= 0.3 is 8.80 Å². The molecule has 7 heteroatoms. The number of unbranched alkanes of at least 4 members (excludes halogenated alkanes) is 8. The van der Waals surface area contributed by atoms with E-state index in [4.69, 9.17) is 27.5 Å². The first-order valence-corrected chi connectivity index (χ1v) is 12.6. The van der Waals surface area contributed by atoms with Crippen molar-refractivity contribution in [2.45, 2.75) is 70.8 Å². The third-order valence-corrected chi connectivity index (χ3v) is 7.48. The molecule has 0 aromatic rings. The van der Waals surface area contributed by atoms with Gasteiger partial charge in [-0.2, -0.15) is 0 Å². The van der Waals surface area contributed by atoms with Gasteiger partial charge in [-0.3, -0.25) is 0 Å². The van der Waals surface area contributed by atoms with Gasteiger partial charge in [0.1, 0.15) is 0 Å². The SMILES string of the molecule is CCOCCOCCOCCCCCCCCCCC[Si](OC)(OC)OC. The summed E-state index contributed by atoms with van der Waals surface area (Å²) in [6.45, 7) is 6.26. The minimum atomic E-state index is -2.35. The van der Waals surface area contributed by atoms with Crippen LogP contribution in [0.2, 0.25) is 6.04 Å². The summed E-state index contributed by atoms with van der Waals surface area (Å²) in [4.78, 5) is 0. The largest absolute Gasteiger partial charge is 0.500 e. The van der Waals surface area contributed by atoms with Crippen molar-refractivity contribution in [1.29, 1.82) is 0 Å². The highest BCUT2D eigenvalue weighted by atomic mass is 28.4. The summed E-state index contributed by atoms with van der Waals surface area (Å²) in [5.74, 6) is 0. The fourth-order valence-electron chi connectivity index (χ4n) is 2.92. The molecule has 0 radical (unpaired) electrons. The average molecular weight is 409 g/mol. The van der Waals surface area contributed by atoms with Crippen molar-refractivity contribution in [3.63, 3.8) is 0 Å². The van der Waals surface area contributed by atoms with E-state index in [0.29, 0.717) is 26.4 Å². The molecule has 0 aliphatic carbocycles. The lowest BCUT2D eigenvalue weighted by molar-refractivity contribution is 0.0162. The summed E-state index contributed by atoms with van der Waals surface area (Å²) in [6.07, 6.45) is 11.3. The molecule has 6 nitrogen and oxygen atoms in total. The Morgan fingerprint density at radius 2 is 0.889 bits per heavy atom. The maximum Gasteiger partial charge on any atom is 0.500 e. The maximum absolute atomic E-state index is 5.57. The van der Waals surface area contributed by atoms with Gasteiger partial charge in [0.25, 0.3) is 0 Å². The molecule has 0 heterocycles. The van der Waals surface area contributed by atoms with Crippen LogP contribution in [0.4, 0.5) is 0 Å². The second kappa shape index (κ2) is 20.7. The van der Waals surface area contributed by atoms with Crippen molar-refractivity contribution >= 4 is 8.80 Å². The normalized spacial score (nSPS) is 12.0. The summed E-state index contributed by atoms with van der Waals surface area (Å²) in [5, 5.41) is 0. The first-order chi connectivity index (χ1) is 13.2. The molecule has 0 amide bonds. The van der Waals surface area contributed by atoms with Gasteiger partial charge in [-0.05, 0) is 19.8 Å². The van der Waals surface area contributed by atoms with Crippen molar-refractivity contribution in [3.05, 3.63) is 0 Å². The van der Waals surface area contributed by atoms with Crippen LogP contribution in [-0.4, -0.2) is 69.8 Å². The topological polar surface area (TPSA) is 55.4 Å². The van der Waals surface area contributed by atoms with E-state index in [0.717, 1.165) is 32.1 Å². The summed E-state index contributed by atoms with van der Waals surface area (Å²) in [7, 11) is 2.69. The van der Waals surface area contributed by atoms with Gasteiger partial charge in [0, 0.05) is 40.6 Å². The first kappa shape index (κ1) is 27.0. The maximum atomic E-state index is 5.57. The van der Waals surface area contributed by atoms with E-state index in [1.54, 1.807) is 21.3 Å². The minimum absolute atomic E-state index is 0.658. The summed E-state index contributed by atoms with van der Waals surface area (Å²) >= 11 is 0. The second-order valence-corrected chi connectivity index (χ2v) is 9.74. The van der Waals surface area contributed by atoms with E-state index in [-0.39, 0.29) is 0 Å². The zero-order valence-corrected chi connectivity index (χ0v) is 19.3. The molecular formula is C20H44O6Si. The van der Waals surface area contributed by atoms with Crippen molar-refractivity contribution in [2.75, 3.05) is 61.0 Å². The minimum Gasteiger partial charge on any atom is -0.379 e. The standard InChI is InChI=1S/C20H44O6Si/c1-5-24-16-17-26-19-18-25-15-13-11-9-7-6-8-10-12-14-20-27(21-2,22-3)23-4/h5-20H2,1-4H3. The van der Waals surface area contributed by atoms with Gasteiger partial charge in [-0.15, -0.1) is 0 Å². The predicted octanol–water partition coefficient (Wildman–Crippen LogP) is 4.45. The second-order valence-electron chi connectivity index (χ2n) is 6.65. The van der Waals surface area contributed by atoms with Gasteiger partial charge < -0.3 is 27.5 Å². The van der Waals surface area contributed by atoms with Crippen LogP contribution in [0.3, 0.4) is 0 Å². The molecule has 27 heavy (non-hydrogen) atoms. The molecule has 0 aliphatic heterocycles. The van der Waals surface area contributed by atoms with Gasteiger partial charge in [0.15, 0.2) is 0 Å². The van der Waals surface area contributed by atoms with E-state index in [1.165, 1.54) is 44.9 Å². The third-order valence-electron chi connectivity index (χ3n) is 4.65. The molecule has 0 aromatic heterocycles. The molecule has 0 spiro atoms. The Kier molecular flexibility index (Phi) is 20.7. The first-order valence-electron chi connectivity index (χ1n) is 10.6. The van der Waals surface area contributed by atoms with Crippen LogP contribution in [0.5, 0.6) is 0 Å². The highest BCUT2D eigenvalue weighted by molar-refractivity contribution is 6.60. The monoisotopic (exact) mass is 408 g/mol. The van der Waals surface area contributed by atoms with E-state index in [2.05, 4.69) is 0 Å². The number of hydrogen-bond acceptors (Lipinski definition) is 6. The molecule has 0 N–H and O–H groups in total. The fraction of sp³-hybridized carbons (Fsp3) is 1.00. The van der Waals surface area contributed by atoms with E-state index >= 15 is 0 Å².